The van der Waals surface area contributed by atoms with Gasteiger partial charge in [-0.2, -0.15) is 0 Å². The number of rotatable bonds is 43. The van der Waals surface area contributed by atoms with E-state index in [1.807, 2.05) is 0 Å². The van der Waals surface area contributed by atoms with E-state index in [0.717, 1.165) is 83.5 Å². The van der Waals surface area contributed by atoms with E-state index in [9.17, 15) is 14.4 Å². The van der Waals surface area contributed by atoms with Gasteiger partial charge in [0.15, 0.2) is 6.10 Å². The van der Waals surface area contributed by atoms with Crippen LogP contribution in [0.25, 0.3) is 0 Å². The topological polar surface area (TPSA) is 78.9 Å². The van der Waals surface area contributed by atoms with Crippen molar-refractivity contribution >= 4 is 17.9 Å². The number of unbranched alkanes of at least 4 members (excludes halogenated alkanes) is 26. The molecule has 0 heterocycles. The van der Waals surface area contributed by atoms with Crippen LogP contribution in [0.1, 0.15) is 245 Å². The van der Waals surface area contributed by atoms with E-state index in [4.69, 9.17) is 14.2 Å². The van der Waals surface area contributed by atoms with E-state index >= 15 is 0 Å². The number of esters is 3. The highest BCUT2D eigenvalue weighted by molar-refractivity contribution is 5.71. The Kier molecular flexibility index (Phi) is 43.4. The third kappa shape index (κ3) is 42.8. The molecule has 0 spiro atoms. The van der Waals surface area contributed by atoms with Crippen LogP contribution in [-0.4, -0.2) is 37.2 Å². The Bertz CT molecular complexity index is 953. The summed E-state index contributed by atoms with van der Waals surface area (Å²) in [6.07, 6.45) is 51.4. The van der Waals surface area contributed by atoms with Crippen molar-refractivity contribution in [3.63, 3.8) is 0 Å². The molecule has 0 saturated heterocycles. The van der Waals surface area contributed by atoms with Gasteiger partial charge in [-0.05, 0) is 77.0 Å². The minimum atomic E-state index is -0.775. The van der Waals surface area contributed by atoms with Gasteiger partial charge in [-0.25, -0.2) is 0 Å². The first-order valence-corrected chi connectivity index (χ1v) is 24.0. The summed E-state index contributed by atoms with van der Waals surface area (Å²) < 4.78 is 16.7. The molecule has 0 aromatic carbocycles. The Balaban J connectivity index is 4.26. The van der Waals surface area contributed by atoms with Crippen LogP contribution in [0.2, 0.25) is 0 Å². The largest absolute Gasteiger partial charge is 0.462 e. The van der Waals surface area contributed by atoms with Crippen LogP contribution in [0.3, 0.4) is 0 Å². The molecule has 0 rings (SSSR count). The van der Waals surface area contributed by atoms with E-state index in [1.165, 1.54) is 122 Å². The molecule has 56 heavy (non-hydrogen) atoms. The molecule has 0 N–H and O–H groups in total. The van der Waals surface area contributed by atoms with Gasteiger partial charge in [-0.15, -0.1) is 0 Å². The Morgan fingerprint density at radius 1 is 0.357 bits per heavy atom. The zero-order valence-electron chi connectivity index (χ0n) is 37.2. The summed E-state index contributed by atoms with van der Waals surface area (Å²) in [5.74, 6) is -0.902. The van der Waals surface area contributed by atoms with Crippen LogP contribution in [0.4, 0.5) is 0 Å². The lowest BCUT2D eigenvalue weighted by molar-refractivity contribution is -0.167. The van der Waals surface area contributed by atoms with Crippen LogP contribution in [0.5, 0.6) is 0 Å². The molecule has 0 amide bonds. The highest BCUT2D eigenvalue weighted by atomic mass is 16.6. The lowest BCUT2D eigenvalue weighted by Crippen LogP contribution is -2.30. The molecule has 1 unspecified atom stereocenters. The fourth-order valence-electron chi connectivity index (χ4n) is 6.70. The number of hydrogen-bond acceptors (Lipinski definition) is 6. The molecule has 0 aromatic rings. The maximum Gasteiger partial charge on any atom is 0.306 e. The van der Waals surface area contributed by atoms with Gasteiger partial charge in [0.05, 0.1) is 0 Å². The molecule has 326 valence electrons. The van der Waals surface area contributed by atoms with Gasteiger partial charge in [-0.1, -0.05) is 186 Å². The summed E-state index contributed by atoms with van der Waals surface area (Å²) in [4.78, 5) is 37.6. The maximum atomic E-state index is 12.7. The molecule has 0 bridgehead atoms. The predicted octanol–water partition coefficient (Wildman–Crippen LogP) is 15.4. The minimum absolute atomic E-state index is 0.0786. The molecular weight excluding hydrogens is 697 g/mol. The van der Waals surface area contributed by atoms with E-state index in [2.05, 4.69) is 57.2 Å². The molecule has 0 aromatic heterocycles. The summed E-state index contributed by atoms with van der Waals surface area (Å²) in [7, 11) is 0. The lowest BCUT2D eigenvalue weighted by atomic mass is 10.1. The van der Waals surface area contributed by atoms with Crippen LogP contribution in [0, 0.1) is 0 Å². The molecular formula is C50H90O6. The van der Waals surface area contributed by atoms with Gasteiger partial charge in [0.2, 0.25) is 0 Å². The second-order valence-electron chi connectivity index (χ2n) is 16.0. The normalized spacial score (nSPS) is 12.3. The molecule has 0 radical (unpaired) electrons. The van der Waals surface area contributed by atoms with Crippen LogP contribution in [0.15, 0.2) is 36.5 Å². The van der Waals surface area contributed by atoms with Gasteiger partial charge in [-0.3, -0.25) is 14.4 Å². The summed E-state index contributed by atoms with van der Waals surface area (Å²) in [5, 5.41) is 0. The Hall–Kier alpha value is -2.37. The van der Waals surface area contributed by atoms with Crippen LogP contribution in [-0.2, 0) is 28.6 Å². The minimum Gasteiger partial charge on any atom is -0.462 e. The second kappa shape index (κ2) is 45.3. The van der Waals surface area contributed by atoms with E-state index in [0.29, 0.717) is 19.3 Å². The third-order valence-electron chi connectivity index (χ3n) is 10.4. The number of carbonyl (C=O) groups excluding carboxylic acids is 3. The number of hydrogen-bond donors (Lipinski definition) is 0. The standard InChI is InChI=1S/C50H90O6/c1-4-7-10-13-16-18-20-22-24-25-27-28-30-32-34-37-40-43-49(52)55-46-47(45-54-48(51)42-39-36-15-12-9-6-3)56-50(53)44-41-38-35-33-31-29-26-23-21-19-17-14-11-8-5-2/h17,19,22-24,26,47H,4-16,18,20-21,25,27-46H2,1-3H3/b19-17-,24-22-,26-23-. The smallest absolute Gasteiger partial charge is 0.306 e. The molecule has 1 atom stereocenters. The van der Waals surface area contributed by atoms with Gasteiger partial charge >= 0.3 is 17.9 Å². The Morgan fingerprint density at radius 3 is 1.04 bits per heavy atom. The van der Waals surface area contributed by atoms with Crippen molar-refractivity contribution in [3.8, 4) is 0 Å². The Labute approximate surface area is 346 Å². The van der Waals surface area contributed by atoms with E-state index in [-0.39, 0.29) is 31.1 Å². The van der Waals surface area contributed by atoms with Gasteiger partial charge in [0.1, 0.15) is 13.2 Å². The average molecular weight is 787 g/mol. The first kappa shape index (κ1) is 53.6. The summed E-state index contributed by atoms with van der Waals surface area (Å²) in [6.45, 7) is 6.54. The quantitative estimate of drug-likeness (QED) is 0.0265. The summed E-state index contributed by atoms with van der Waals surface area (Å²) in [6, 6.07) is 0. The van der Waals surface area contributed by atoms with Crippen LogP contribution >= 0.6 is 0 Å². The van der Waals surface area contributed by atoms with E-state index in [1.54, 1.807) is 0 Å². The van der Waals surface area contributed by atoms with Crippen molar-refractivity contribution in [2.24, 2.45) is 0 Å². The number of ether oxygens (including phenoxy) is 3. The first-order chi connectivity index (χ1) is 27.5. The predicted molar refractivity (Wildman–Crippen MR) is 238 cm³/mol. The van der Waals surface area contributed by atoms with Gasteiger partial charge < -0.3 is 14.2 Å². The number of allylic oxidation sites excluding steroid dienone is 6. The molecule has 0 aliphatic heterocycles. The van der Waals surface area contributed by atoms with Crippen molar-refractivity contribution in [2.75, 3.05) is 13.2 Å². The fraction of sp³-hybridized carbons (Fsp3) is 0.820. The molecule has 0 saturated carbocycles. The SMILES string of the molecule is CCCCC/C=C\C/C=C\CCCCCCCC(=O)OC(COC(=O)CCCCCCCC)COC(=O)CCCCCCCCC/C=C\CCCCCCCC. The molecule has 0 aliphatic rings. The van der Waals surface area contributed by atoms with Crippen molar-refractivity contribution in [1.29, 1.82) is 0 Å². The highest BCUT2D eigenvalue weighted by Crippen LogP contribution is 2.14. The van der Waals surface area contributed by atoms with Crippen molar-refractivity contribution < 1.29 is 28.6 Å². The zero-order chi connectivity index (χ0) is 40.8. The average Bonchev–Trinajstić information content (AvgIpc) is 3.19. The van der Waals surface area contributed by atoms with Crippen molar-refractivity contribution in [3.05, 3.63) is 36.5 Å². The number of carbonyl (C=O) groups is 3. The van der Waals surface area contributed by atoms with Crippen molar-refractivity contribution in [1.82, 2.24) is 0 Å². The van der Waals surface area contributed by atoms with E-state index < -0.39 is 6.10 Å². The zero-order valence-corrected chi connectivity index (χ0v) is 37.2. The second-order valence-corrected chi connectivity index (χ2v) is 16.0. The molecule has 6 nitrogen and oxygen atoms in total. The fourth-order valence-corrected chi connectivity index (χ4v) is 6.70. The van der Waals surface area contributed by atoms with Crippen molar-refractivity contribution in [2.45, 2.75) is 252 Å². The van der Waals surface area contributed by atoms with Crippen LogP contribution < -0.4 is 0 Å². The van der Waals surface area contributed by atoms with Gasteiger partial charge in [0, 0.05) is 19.3 Å². The summed E-state index contributed by atoms with van der Waals surface area (Å²) in [5.41, 5.74) is 0. The van der Waals surface area contributed by atoms with Gasteiger partial charge in [0.25, 0.3) is 0 Å². The highest BCUT2D eigenvalue weighted by Gasteiger charge is 2.19. The molecule has 6 heteroatoms. The monoisotopic (exact) mass is 787 g/mol. The molecule has 0 aliphatic carbocycles. The lowest BCUT2D eigenvalue weighted by Gasteiger charge is -2.18. The first-order valence-electron chi connectivity index (χ1n) is 24.0. The third-order valence-corrected chi connectivity index (χ3v) is 10.4. The summed E-state index contributed by atoms with van der Waals surface area (Å²) >= 11 is 0. The Morgan fingerprint density at radius 2 is 0.643 bits per heavy atom. The molecule has 0 fully saturated rings. The maximum absolute atomic E-state index is 12.7.